The summed E-state index contributed by atoms with van der Waals surface area (Å²) >= 11 is 0. The van der Waals surface area contributed by atoms with E-state index in [1.807, 2.05) is 0 Å². The van der Waals surface area contributed by atoms with E-state index < -0.39 is 0 Å². The van der Waals surface area contributed by atoms with Gasteiger partial charge in [-0.3, -0.25) is 0 Å². The first-order valence-electron chi connectivity index (χ1n) is 6.88. The minimum Gasteiger partial charge on any atom is -0.314 e. The molecule has 0 amide bonds. The summed E-state index contributed by atoms with van der Waals surface area (Å²) in [7, 11) is 0. The SMILES string of the molecule is C1CCC(CCCCN2CCNCC2)C1. The van der Waals surface area contributed by atoms with Gasteiger partial charge in [-0.15, -0.1) is 0 Å². The molecule has 1 heterocycles. The van der Waals surface area contributed by atoms with E-state index in [0.717, 1.165) is 5.92 Å². The van der Waals surface area contributed by atoms with Gasteiger partial charge in [-0.2, -0.15) is 0 Å². The molecule has 2 rings (SSSR count). The van der Waals surface area contributed by atoms with Gasteiger partial charge < -0.3 is 10.2 Å². The molecule has 2 nitrogen and oxygen atoms in total. The first-order chi connectivity index (χ1) is 7.45. The van der Waals surface area contributed by atoms with Gasteiger partial charge in [0.15, 0.2) is 0 Å². The average molecular weight is 210 g/mol. The van der Waals surface area contributed by atoms with Gasteiger partial charge in [0.05, 0.1) is 0 Å². The third-order valence-electron chi connectivity index (χ3n) is 4.02. The summed E-state index contributed by atoms with van der Waals surface area (Å²) in [6.07, 6.45) is 10.4. The quantitative estimate of drug-likeness (QED) is 0.700. The van der Waals surface area contributed by atoms with Crippen molar-refractivity contribution in [3.8, 4) is 0 Å². The monoisotopic (exact) mass is 210 g/mol. The van der Waals surface area contributed by atoms with Crippen molar-refractivity contribution in [1.82, 2.24) is 10.2 Å². The molecule has 1 aliphatic heterocycles. The molecule has 0 aromatic rings. The van der Waals surface area contributed by atoms with Gasteiger partial charge in [0.1, 0.15) is 0 Å². The lowest BCUT2D eigenvalue weighted by Gasteiger charge is -2.27. The van der Waals surface area contributed by atoms with Crippen LogP contribution in [0.1, 0.15) is 44.9 Å². The summed E-state index contributed by atoms with van der Waals surface area (Å²) in [6.45, 7) is 6.27. The van der Waals surface area contributed by atoms with Crippen LogP contribution in [0.5, 0.6) is 0 Å². The number of nitrogens with one attached hydrogen (secondary N) is 1. The van der Waals surface area contributed by atoms with E-state index in [4.69, 9.17) is 0 Å². The van der Waals surface area contributed by atoms with E-state index >= 15 is 0 Å². The van der Waals surface area contributed by atoms with E-state index in [1.54, 1.807) is 0 Å². The van der Waals surface area contributed by atoms with Crippen LogP contribution < -0.4 is 5.32 Å². The molecule has 0 radical (unpaired) electrons. The zero-order valence-electron chi connectivity index (χ0n) is 10.0. The fraction of sp³-hybridized carbons (Fsp3) is 1.00. The molecule has 0 bridgehead atoms. The highest BCUT2D eigenvalue weighted by molar-refractivity contribution is 4.69. The van der Waals surface area contributed by atoms with Crippen LogP contribution >= 0.6 is 0 Å². The maximum atomic E-state index is 3.41. The zero-order chi connectivity index (χ0) is 10.3. The number of hydrogen-bond donors (Lipinski definition) is 1. The van der Waals surface area contributed by atoms with E-state index in [0.29, 0.717) is 0 Å². The Morgan fingerprint density at radius 3 is 2.47 bits per heavy atom. The van der Waals surface area contributed by atoms with Gasteiger partial charge in [-0.05, 0) is 18.9 Å². The molecule has 0 aromatic carbocycles. The predicted molar refractivity (Wildman–Crippen MR) is 65.1 cm³/mol. The Labute approximate surface area is 94.4 Å². The second kappa shape index (κ2) is 6.49. The minimum atomic E-state index is 1.09. The molecule has 2 fully saturated rings. The molecule has 88 valence electrons. The fourth-order valence-electron chi connectivity index (χ4n) is 3.00. The highest BCUT2D eigenvalue weighted by atomic mass is 15.2. The zero-order valence-corrected chi connectivity index (χ0v) is 10.0. The van der Waals surface area contributed by atoms with Crippen LogP contribution in [0.15, 0.2) is 0 Å². The van der Waals surface area contributed by atoms with Crippen molar-refractivity contribution in [2.45, 2.75) is 44.9 Å². The maximum absolute atomic E-state index is 3.41. The molecule has 2 heteroatoms. The van der Waals surface area contributed by atoms with Crippen LogP contribution in [0.4, 0.5) is 0 Å². The molecule has 15 heavy (non-hydrogen) atoms. The van der Waals surface area contributed by atoms with Gasteiger partial charge in [0, 0.05) is 26.2 Å². The van der Waals surface area contributed by atoms with Crippen molar-refractivity contribution in [3.05, 3.63) is 0 Å². The van der Waals surface area contributed by atoms with Crippen LogP contribution in [0, 0.1) is 5.92 Å². The van der Waals surface area contributed by atoms with Crippen LogP contribution in [0.3, 0.4) is 0 Å². The van der Waals surface area contributed by atoms with Crippen LogP contribution in [0.2, 0.25) is 0 Å². The second-order valence-electron chi connectivity index (χ2n) is 5.24. The highest BCUT2D eigenvalue weighted by Gasteiger charge is 2.14. The third-order valence-corrected chi connectivity index (χ3v) is 4.02. The fourth-order valence-corrected chi connectivity index (χ4v) is 3.00. The van der Waals surface area contributed by atoms with E-state index in [-0.39, 0.29) is 0 Å². The lowest BCUT2D eigenvalue weighted by Crippen LogP contribution is -2.43. The number of hydrogen-bond acceptors (Lipinski definition) is 2. The highest BCUT2D eigenvalue weighted by Crippen LogP contribution is 2.28. The Hall–Kier alpha value is -0.0800. The van der Waals surface area contributed by atoms with E-state index in [9.17, 15) is 0 Å². The molecule has 0 atom stereocenters. The average Bonchev–Trinajstić information content (AvgIpc) is 2.79. The summed E-state index contributed by atoms with van der Waals surface area (Å²) in [5, 5.41) is 3.41. The molecule has 2 aliphatic rings. The van der Waals surface area contributed by atoms with Gasteiger partial charge in [0.25, 0.3) is 0 Å². The molecule has 0 aromatic heterocycles. The van der Waals surface area contributed by atoms with Crippen molar-refractivity contribution in [2.75, 3.05) is 32.7 Å². The molecule has 0 spiro atoms. The van der Waals surface area contributed by atoms with Gasteiger partial charge in [-0.1, -0.05) is 38.5 Å². The van der Waals surface area contributed by atoms with Crippen LogP contribution in [0.25, 0.3) is 0 Å². The molecule has 1 saturated carbocycles. The molecule has 1 saturated heterocycles. The number of piperazine rings is 1. The largest absolute Gasteiger partial charge is 0.314 e. The molecular weight excluding hydrogens is 184 g/mol. The standard InChI is InChI=1S/C13H26N2/c1-2-6-13(5-1)7-3-4-10-15-11-8-14-9-12-15/h13-14H,1-12H2. The smallest absolute Gasteiger partial charge is 0.0107 e. The van der Waals surface area contributed by atoms with Crippen molar-refractivity contribution in [3.63, 3.8) is 0 Å². The van der Waals surface area contributed by atoms with E-state index in [2.05, 4.69) is 10.2 Å². The maximum Gasteiger partial charge on any atom is 0.0107 e. The second-order valence-corrected chi connectivity index (χ2v) is 5.24. The van der Waals surface area contributed by atoms with Crippen LogP contribution in [-0.4, -0.2) is 37.6 Å². The predicted octanol–water partition coefficient (Wildman–Crippen LogP) is 2.25. The summed E-state index contributed by atoms with van der Waals surface area (Å²) in [6, 6.07) is 0. The Morgan fingerprint density at radius 2 is 1.73 bits per heavy atom. The molecule has 1 aliphatic carbocycles. The third kappa shape index (κ3) is 4.12. The van der Waals surface area contributed by atoms with Gasteiger partial charge in [-0.25, -0.2) is 0 Å². The molecule has 0 unspecified atom stereocenters. The number of unbranched alkanes of at least 4 members (excludes halogenated alkanes) is 1. The lowest BCUT2D eigenvalue weighted by atomic mass is 10.0. The number of nitrogens with zero attached hydrogens (tertiary/aromatic N) is 1. The summed E-state index contributed by atoms with van der Waals surface area (Å²) in [5.74, 6) is 1.09. The Balaban J connectivity index is 1.47. The topological polar surface area (TPSA) is 15.3 Å². The van der Waals surface area contributed by atoms with Crippen molar-refractivity contribution >= 4 is 0 Å². The Kier molecular flexibility index (Phi) is 4.94. The van der Waals surface area contributed by atoms with Crippen molar-refractivity contribution in [2.24, 2.45) is 5.92 Å². The summed E-state index contributed by atoms with van der Waals surface area (Å²) in [5.41, 5.74) is 0. The minimum absolute atomic E-state index is 1.09. The van der Waals surface area contributed by atoms with Crippen LogP contribution in [-0.2, 0) is 0 Å². The summed E-state index contributed by atoms with van der Waals surface area (Å²) < 4.78 is 0. The van der Waals surface area contributed by atoms with E-state index in [1.165, 1.54) is 77.7 Å². The van der Waals surface area contributed by atoms with Gasteiger partial charge in [0.2, 0.25) is 0 Å². The van der Waals surface area contributed by atoms with Crippen molar-refractivity contribution < 1.29 is 0 Å². The molecular formula is C13H26N2. The van der Waals surface area contributed by atoms with Gasteiger partial charge >= 0.3 is 0 Å². The Bertz CT molecular complexity index is 158. The summed E-state index contributed by atoms with van der Waals surface area (Å²) in [4.78, 5) is 2.62. The first kappa shape index (κ1) is 11.4. The first-order valence-corrected chi connectivity index (χ1v) is 6.88. The molecule has 1 N–H and O–H groups in total. The van der Waals surface area contributed by atoms with Crippen molar-refractivity contribution in [1.29, 1.82) is 0 Å². The normalized spacial score (nSPS) is 24.8. The number of rotatable bonds is 5. The lowest BCUT2D eigenvalue weighted by molar-refractivity contribution is 0.234. The Morgan fingerprint density at radius 1 is 1.00 bits per heavy atom.